The number of ether oxygens (including phenoxy) is 1. The van der Waals surface area contributed by atoms with Gasteiger partial charge in [0, 0.05) is 5.39 Å². The Morgan fingerprint density at radius 2 is 1.83 bits per heavy atom. The van der Waals surface area contributed by atoms with E-state index >= 15 is 0 Å². The van der Waals surface area contributed by atoms with Crippen molar-refractivity contribution in [3.8, 4) is 16.9 Å². The van der Waals surface area contributed by atoms with Crippen molar-refractivity contribution in [2.24, 2.45) is 5.73 Å². The third-order valence-electron chi connectivity index (χ3n) is 5.93. The summed E-state index contributed by atoms with van der Waals surface area (Å²) in [7, 11) is 0. The molecule has 2 aromatic carbocycles. The number of furan rings is 1. The molecule has 0 atom stereocenters. The van der Waals surface area contributed by atoms with Crippen LogP contribution in [0.25, 0.3) is 21.3 Å². The number of benzene rings is 2. The number of pyridine rings is 1. The Morgan fingerprint density at radius 1 is 1.10 bits per heavy atom. The van der Waals surface area contributed by atoms with Gasteiger partial charge in [-0.25, -0.2) is 9.37 Å². The summed E-state index contributed by atoms with van der Waals surface area (Å²) in [5.74, 6) is -2.06. The van der Waals surface area contributed by atoms with E-state index in [4.69, 9.17) is 26.5 Å². The van der Waals surface area contributed by atoms with Gasteiger partial charge in [0.15, 0.2) is 5.76 Å². The fourth-order valence-corrected chi connectivity index (χ4v) is 5.22. The minimum absolute atomic E-state index is 0.0458. The van der Waals surface area contributed by atoms with E-state index < -0.39 is 29.5 Å². The van der Waals surface area contributed by atoms with Gasteiger partial charge < -0.3 is 20.2 Å². The van der Waals surface area contributed by atoms with E-state index in [1.54, 1.807) is 24.3 Å². The van der Waals surface area contributed by atoms with Crippen LogP contribution in [0.4, 0.5) is 23.2 Å². The highest BCUT2D eigenvalue weighted by Gasteiger charge is 2.35. The Kier molecular flexibility index (Phi) is 7.45. The lowest BCUT2D eigenvalue weighted by Crippen LogP contribution is -2.16. The summed E-state index contributed by atoms with van der Waals surface area (Å²) in [6.45, 7) is 1.68. The van der Waals surface area contributed by atoms with Gasteiger partial charge >= 0.3 is 6.18 Å². The van der Waals surface area contributed by atoms with Gasteiger partial charge in [-0.1, -0.05) is 41.4 Å². The van der Waals surface area contributed by atoms with Gasteiger partial charge in [-0.3, -0.25) is 9.59 Å². The topological polar surface area (TPSA) is 107 Å². The lowest BCUT2D eigenvalue weighted by atomic mass is 10.00. The number of carbonyl (C=O) groups is 2. The number of carbonyl (C=O) groups excluding carboxylic acids is 2. The predicted octanol–water partition coefficient (Wildman–Crippen LogP) is 7.61. The number of nitrogens with two attached hydrogens (primary N) is 1. The molecule has 3 heterocycles. The van der Waals surface area contributed by atoms with Crippen molar-refractivity contribution in [1.82, 2.24) is 4.98 Å². The number of nitrogens with zero attached hydrogens (tertiary/aromatic N) is 1. The van der Waals surface area contributed by atoms with Crippen LogP contribution in [0, 0.1) is 12.7 Å². The molecule has 0 saturated heterocycles. The number of thiophene rings is 1. The van der Waals surface area contributed by atoms with E-state index in [0.29, 0.717) is 16.9 Å². The van der Waals surface area contributed by atoms with Crippen LogP contribution in [-0.4, -0.2) is 16.8 Å². The molecule has 7 nitrogen and oxygen atoms in total. The minimum atomic E-state index is -4.77. The lowest BCUT2D eigenvalue weighted by molar-refractivity contribution is -0.140. The number of hydrogen-bond donors (Lipinski definition) is 2. The second-order valence-electron chi connectivity index (χ2n) is 8.85. The molecule has 210 valence electrons. The van der Waals surface area contributed by atoms with Gasteiger partial charge in [0.2, 0.25) is 0 Å². The zero-order valence-corrected chi connectivity index (χ0v) is 22.5. The molecule has 5 rings (SSSR count). The molecule has 5 aromatic rings. The summed E-state index contributed by atoms with van der Waals surface area (Å²) < 4.78 is 65.5. The zero-order chi connectivity index (χ0) is 29.5. The molecular weight excluding hydrogens is 586 g/mol. The third kappa shape index (κ3) is 5.88. The molecule has 0 aliphatic rings. The molecule has 0 aliphatic carbocycles. The molecule has 0 aliphatic heterocycles. The zero-order valence-electron chi connectivity index (χ0n) is 20.9. The molecule has 13 heteroatoms. The summed E-state index contributed by atoms with van der Waals surface area (Å²) in [5.41, 5.74) is 5.69. The van der Waals surface area contributed by atoms with Crippen molar-refractivity contribution in [1.29, 1.82) is 0 Å². The third-order valence-corrected chi connectivity index (χ3v) is 7.32. The average molecular weight is 604 g/mol. The molecule has 0 fully saturated rings. The van der Waals surface area contributed by atoms with Crippen LogP contribution in [-0.2, 0) is 12.8 Å². The Labute approximate surface area is 238 Å². The van der Waals surface area contributed by atoms with E-state index in [1.807, 2.05) is 6.92 Å². The first-order valence-electron chi connectivity index (χ1n) is 11.8. The predicted molar refractivity (Wildman–Crippen MR) is 146 cm³/mol. The molecule has 0 saturated carbocycles. The number of aryl methyl sites for hydroxylation is 1. The Bertz CT molecular complexity index is 1800. The second-order valence-corrected chi connectivity index (χ2v) is 10.3. The first-order valence-corrected chi connectivity index (χ1v) is 13.0. The van der Waals surface area contributed by atoms with Gasteiger partial charge in [-0.05, 0) is 54.4 Å². The minimum Gasteiger partial charge on any atom is -0.484 e. The summed E-state index contributed by atoms with van der Waals surface area (Å²) in [5, 5.41) is 2.73. The Hall–Kier alpha value is -4.42. The van der Waals surface area contributed by atoms with Crippen molar-refractivity contribution >= 4 is 50.7 Å². The smallest absolute Gasteiger partial charge is 0.433 e. The van der Waals surface area contributed by atoms with Crippen LogP contribution in [0.1, 0.15) is 37.2 Å². The van der Waals surface area contributed by atoms with Gasteiger partial charge in [0.25, 0.3) is 11.8 Å². The Balaban J connectivity index is 1.51. The molecule has 0 spiro atoms. The Morgan fingerprint density at radius 3 is 2.49 bits per heavy atom. The van der Waals surface area contributed by atoms with E-state index in [1.165, 1.54) is 24.3 Å². The average Bonchev–Trinajstić information content (AvgIpc) is 3.53. The number of aromatic nitrogens is 1. The van der Waals surface area contributed by atoms with E-state index in [0.717, 1.165) is 17.7 Å². The van der Waals surface area contributed by atoms with Crippen molar-refractivity contribution in [3.05, 3.63) is 99.2 Å². The maximum absolute atomic E-state index is 13.7. The van der Waals surface area contributed by atoms with Crippen molar-refractivity contribution in [2.75, 3.05) is 5.32 Å². The molecule has 3 N–H and O–H groups in total. The molecule has 0 radical (unpaired) electrons. The SMILES string of the molecule is Cc1ccc(-c2cc(C(F)(F)F)nc3sc(C(N)=O)c(NC(=O)c4ccc(COc5ccc(F)cc5Cl)o4)c23)cc1. The number of primary amides is 1. The van der Waals surface area contributed by atoms with Gasteiger partial charge in [0.1, 0.15) is 39.3 Å². The first-order chi connectivity index (χ1) is 19.4. The van der Waals surface area contributed by atoms with Crippen LogP contribution in [0.2, 0.25) is 5.02 Å². The maximum Gasteiger partial charge on any atom is 0.433 e. The number of amides is 2. The number of hydrogen-bond acceptors (Lipinski definition) is 6. The van der Waals surface area contributed by atoms with E-state index in [2.05, 4.69) is 10.3 Å². The number of nitrogens with one attached hydrogen (secondary N) is 1. The van der Waals surface area contributed by atoms with E-state index in [-0.39, 0.29) is 55.2 Å². The molecule has 2 amide bonds. The first kappa shape index (κ1) is 28.1. The molecule has 3 aromatic heterocycles. The quantitative estimate of drug-likeness (QED) is 0.186. The van der Waals surface area contributed by atoms with E-state index in [9.17, 15) is 27.2 Å². The van der Waals surface area contributed by atoms with Crippen LogP contribution < -0.4 is 15.8 Å². The number of rotatable bonds is 7. The second kappa shape index (κ2) is 10.9. The van der Waals surface area contributed by atoms with Gasteiger partial charge in [0.05, 0.1) is 10.7 Å². The largest absolute Gasteiger partial charge is 0.484 e. The fraction of sp³-hybridized carbons (Fsp3) is 0.107. The standard InChI is InChI=1S/C28H18ClF4N3O4S/c1-13-2-4-14(5-3-13)17-11-21(28(31,32)33)35-27-22(17)23(24(41-27)25(34)37)36-26(38)20-9-7-16(40-20)12-39-19-8-6-15(30)10-18(19)29/h2-11H,12H2,1H3,(H2,34,37)(H,36,38). The van der Waals surface area contributed by atoms with Crippen LogP contribution in [0.15, 0.2) is 65.1 Å². The van der Waals surface area contributed by atoms with Crippen molar-refractivity contribution < 1.29 is 36.3 Å². The molecule has 0 bridgehead atoms. The molecular formula is C28H18ClF4N3O4S. The van der Waals surface area contributed by atoms with Crippen LogP contribution in [0.5, 0.6) is 5.75 Å². The molecule has 41 heavy (non-hydrogen) atoms. The summed E-state index contributed by atoms with van der Waals surface area (Å²) >= 11 is 6.59. The summed E-state index contributed by atoms with van der Waals surface area (Å²) in [6.07, 6.45) is -4.77. The number of halogens is 5. The number of fused-ring (bicyclic) bond motifs is 1. The fourth-order valence-electron chi connectivity index (χ4n) is 3.99. The highest BCUT2D eigenvalue weighted by molar-refractivity contribution is 7.21. The number of anilines is 1. The normalized spacial score (nSPS) is 11.6. The van der Waals surface area contributed by atoms with Crippen molar-refractivity contribution in [3.63, 3.8) is 0 Å². The highest BCUT2D eigenvalue weighted by Crippen LogP contribution is 2.44. The monoisotopic (exact) mass is 603 g/mol. The highest BCUT2D eigenvalue weighted by atomic mass is 35.5. The van der Waals surface area contributed by atoms with Crippen LogP contribution >= 0.6 is 22.9 Å². The number of alkyl halides is 3. The van der Waals surface area contributed by atoms with Gasteiger partial charge in [-0.15, -0.1) is 11.3 Å². The lowest BCUT2D eigenvalue weighted by Gasteiger charge is -2.12. The summed E-state index contributed by atoms with van der Waals surface area (Å²) in [6, 6.07) is 14.0. The summed E-state index contributed by atoms with van der Waals surface area (Å²) in [4.78, 5) is 28.9. The maximum atomic E-state index is 13.7. The van der Waals surface area contributed by atoms with Gasteiger partial charge in [-0.2, -0.15) is 13.2 Å². The van der Waals surface area contributed by atoms with Crippen LogP contribution in [0.3, 0.4) is 0 Å². The van der Waals surface area contributed by atoms with Crippen molar-refractivity contribution in [2.45, 2.75) is 19.7 Å². The molecule has 0 unspecified atom stereocenters.